The van der Waals surface area contributed by atoms with Crippen LogP contribution in [0.3, 0.4) is 0 Å². The normalized spacial score (nSPS) is 13.8. The van der Waals surface area contributed by atoms with Crippen LogP contribution in [-0.4, -0.2) is 21.6 Å². The fourth-order valence-electron chi connectivity index (χ4n) is 1.57. The number of carbonyl (C=O) groups excluding carboxylic acids is 1. The van der Waals surface area contributed by atoms with Gasteiger partial charge in [-0.15, -0.1) is 0 Å². The molecule has 0 spiro atoms. The lowest BCUT2D eigenvalue weighted by atomic mass is 9.93. The number of Topliss-reactive ketones (excluding diaryl/α,β-unsaturated/α-hetero) is 1. The van der Waals surface area contributed by atoms with Crippen molar-refractivity contribution in [2.75, 3.05) is 0 Å². The molecule has 17 heavy (non-hydrogen) atoms. The quantitative estimate of drug-likeness (QED) is 0.789. The van der Waals surface area contributed by atoms with Gasteiger partial charge in [0.2, 0.25) is 0 Å². The second-order valence-electron chi connectivity index (χ2n) is 5.20. The van der Waals surface area contributed by atoms with E-state index in [1.54, 1.807) is 24.3 Å². The Kier molecular flexibility index (Phi) is 4.07. The molecule has 2 N–H and O–H groups in total. The van der Waals surface area contributed by atoms with Crippen molar-refractivity contribution >= 4 is 5.78 Å². The molecular weight excluding hydrogens is 216 g/mol. The molecule has 3 nitrogen and oxygen atoms in total. The van der Waals surface area contributed by atoms with E-state index in [1.165, 1.54) is 13.8 Å². The Morgan fingerprint density at radius 1 is 1.18 bits per heavy atom. The van der Waals surface area contributed by atoms with Crippen LogP contribution in [0, 0.1) is 5.92 Å². The fourth-order valence-corrected chi connectivity index (χ4v) is 1.57. The van der Waals surface area contributed by atoms with E-state index >= 15 is 0 Å². The second-order valence-corrected chi connectivity index (χ2v) is 5.20. The van der Waals surface area contributed by atoms with Crippen molar-refractivity contribution in [2.45, 2.75) is 39.4 Å². The third-order valence-corrected chi connectivity index (χ3v) is 2.70. The van der Waals surface area contributed by atoms with E-state index in [0.29, 0.717) is 5.56 Å². The van der Waals surface area contributed by atoms with Crippen LogP contribution in [0.15, 0.2) is 24.3 Å². The van der Waals surface area contributed by atoms with Crippen molar-refractivity contribution in [3.8, 4) is 0 Å². The number of ketones is 1. The van der Waals surface area contributed by atoms with E-state index in [4.69, 9.17) is 0 Å². The molecule has 0 saturated heterocycles. The Morgan fingerprint density at radius 2 is 1.65 bits per heavy atom. The molecule has 0 heterocycles. The molecule has 0 amide bonds. The number of benzene rings is 1. The second kappa shape index (κ2) is 4.98. The minimum atomic E-state index is -1.36. The number of rotatable bonds is 4. The molecular formula is C14H20O3. The zero-order valence-corrected chi connectivity index (χ0v) is 10.8. The van der Waals surface area contributed by atoms with Gasteiger partial charge in [0.1, 0.15) is 5.60 Å². The predicted molar refractivity (Wildman–Crippen MR) is 66.9 cm³/mol. The van der Waals surface area contributed by atoms with Crippen molar-refractivity contribution in [2.24, 2.45) is 5.92 Å². The third kappa shape index (κ3) is 3.38. The lowest BCUT2D eigenvalue weighted by Gasteiger charge is -2.17. The van der Waals surface area contributed by atoms with Gasteiger partial charge in [-0.1, -0.05) is 38.1 Å². The van der Waals surface area contributed by atoms with E-state index in [9.17, 15) is 15.0 Å². The molecule has 0 fully saturated rings. The number of carbonyl (C=O) groups is 1. The molecule has 0 aliphatic carbocycles. The summed E-state index contributed by atoms with van der Waals surface area (Å²) >= 11 is 0. The van der Waals surface area contributed by atoms with Gasteiger partial charge in [-0.05, 0) is 25.3 Å². The highest BCUT2D eigenvalue weighted by Crippen LogP contribution is 2.22. The van der Waals surface area contributed by atoms with Crippen LogP contribution in [-0.2, 0) is 0 Å². The van der Waals surface area contributed by atoms with E-state index in [2.05, 4.69) is 0 Å². The highest BCUT2D eigenvalue weighted by Gasteiger charge is 2.25. The van der Waals surface area contributed by atoms with Crippen LogP contribution in [0.25, 0.3) is 0 Å². The molecule has 94 valence electrons. The topological polar surface area (TPSA) is 57.5 Å². The van der Waals surface area contributed by atoms with Crippen LogP contribution < -0.4 is 0 Å². The molecule has 3 heteroatoms. The van der Waals surface area contributed by atoms with Crippen molar-refractivity contribution < 1.29 is 15.0 Å². The van der Waals surface area contributed by atoms with Gasteiger partial charge in [0.25, 0.3) is 0 Å². The van der Waals surface area contributed by atoms with Crippen molar-refractivity contribution in [1.29, 1.82) is 0 Å². The average molecular weight is 236 g/mol. The number of aliphatic hydroxyl groups is 2. The third-order valence-electron chi connectivity index (χ3n) is 2.70. The molecule has 0 aliphatic heterocycles. The first-order valence-corrected chi connectivity index (χ1v) is 5.78. The molecule has 1 aromatic carbocycles. The summed E-state index contributed by atoms with van der Waals surface area (Å²) in [5.74, 6) is -0.186. The van der Waals surface area contributed by atoms with Gasteiger partial charge >= 0.3 is 0 Å². The number of aliphatic hydroxyl groups excluding tert-OH is 1. The largest absolute Gasteiger partial charge is 0.388 e. The Bertz CT molecular complexity index is 385. The van der Waals surface area contributed by atoms with Gasteiger partial charge in [-0.2, -0.15) is 0 Å². The summed E-state index contributed by atoms with van der Waals surface area (Å²) in [7, 11) is 0. The predicted octanol–water partition coefficient (Wildman–Crippen LogP) is 2.33. The van der Waals surface area contributed by atoms with E-state index in [1.807, 2.05) is 13.8 Å². The van der Waals surface area contributed by atoms with E-state index in [0.717, 1.165) is 5.56 Å². The van der Waals surface area contributed by atoms with Crippen LogP contribution in [0.5, 0.6) is 0 Å². The maximum atomic E-state index is 11.8. The Labute approximate surface area is 102 Å². The summed E-state index contributed by atoms with van der Waals surface area (Å²) in [6.07, 6.45) is -0.527. The first kappa shape index (κ1) is 13.9. The smallest absolute Gasteiger partial charge is 0.193 e. The highest BCUT2D eigenvalue weighted by molar-refractivity contribution is 6.01. The minimum Gasteiger partial charge on any atom is -0.388 e. The zero-order chi connectivity index (χ0) is 13.2. The van der Waals surface area contributed by atoms with Gasteiger partial charge < -0.3 is 10.2 Å². The average Bonchev–Trinajstić information content (AvgIpc) is 2.26. The van der Waals surface area contributed by atoms with Crippen LogP contribution in [0.4, 0.5) is 0 Å². The van der Waals surface area contributed by atoms with Gasteiger partial charge in [-0.25, -0.2) is 0 Å². The van der Waals surface area contributed by atoms with Gasteiger partial charge in [0.15, 0.2) is 5.78 Å². The Morgan fingerprint density at radius 3 is 2.00 bits per heavy atom. The summed E-state index contributed by atoms with van der Waals surface area (Å²) in [6, 6.07) is 6.73. The molecule has 1 aromatic rings. The van der Waals surface area contributed by atoms with Crippen LogP contribution >= 0.6 is 0 Å². The molecule has 0 aliphatic rings. The van der Waals surface area contributed by atoms with Gasteiger partial charge in [0, 0.05) is 5.56 Å². The standard InChI is InChI=1S/C14H20O3/c1-9(2)12(15)10-5-7-11(8-6-10)13(16)14(3,4)17/h5-9,12,15,17H,1-4H3. The maximum Gasteiger partial charge on any atom is 0.193 e. The number of hydrogen-bond donors (Lipinski definition) is 2. The zero-order valence-electron chi connectivity index (χ0n) is 10.8. The highest BCUT2D eigenvalue weighted by atomic mass is 16.3. The Balaban J connectivity index is 2.93. The monoisotopic (exact) mass is 236 g/mol. The van der Waals surface area contributed by atoms with Crippen molar-refractivity contribution in [1.82, 2.24) is 0 Å². The number of hydrogen-bond acceptors (Lipinski definition) is 3. The minimum absolute atomic E-state index is 0.130. The molecule has 0 saturated carbocycles. The molecule has 0 aromatic heterocycles. The van der Waals surface area contributed by atoms with E-state index < -0.39 is 11.7 Å². The summed E-state index contributed by atoms with van der Waals surface area (Å²) in [5.41, 5.74) is -0.123. The molecule has 0 radical (unpaired) electrons. The molecule has 0 bridgehead atoms. The first-order chi connectivity index (χ1) is 7.73. The fraction of sp³-hybridized carbons (Fsp3) is 0.500. The lowest BCUT2D eigenvalue weighted by Crippen LogP contribution is -2.31. The van der Waals surface area contributed by atoms with Crippen LogP contribution in [0.1, 0.15) is 49.7 Å². The lowest BCUT2D eigenvalue weighted by molar-refractivity contribution is 0.0488. The van der Waals surface area contributed by atoms with Crippen LogP contribution in [0.2, 0.25) is 0 Å². The molecule has 1 unspecified atom stereocenters. The van der Waals surface area contributed by atoms with Gasteiger partial charge in [0.05, 0.1) is 6.10 Å². The Hall–Kier alpha value is -1.19. The summed E-state index contributed by atoms with van der Waals surface area (Å²) < 4.78 is 0. The van der Waals surface area contributed by atoms with Crippen molar-refractivity contribution in [3.05, 3.63) is 35.4 Å². The van der Waals surface area contributed by atoms with Crippen molar-refractivity contribution in [3.63, 3.8) is 0 Å². The maximum absolute atomic E-state index is 11.8. The first-order valence-electron chi connectivity index (χ1n) is 5.78. The molecule has 1 rings (SSSR count). The summed E-state index contributed by atoms with van der Waals surface area (Å²) in [6.45, 7) is 6.79. The summed E-state index contributed by atoms with van der Waals surface area (Å²) in [4.78, 5) is 11.8. The SMILES string of the molecule is CC(C)C(O)c1ccc(C(=O)C(C)(C)O)cc1. The summed E-state index contributed by atoms with van der Waals surface area (Å²) in [5, 5.41) is 19.5. The van der Waals surface area contributed by atoms with E-state index in [-0.39, 0.29) is 11.7 Å². The van der Waals surface area contributed by atoms with Gasteiger partial charge in [-0.3, -0.25) is 4.79 Å². The molecule has 1 atom stereocenters.